The van der Waals surface area contributed by atoms with Gasteiger partial charge >= 0.3 is 0 Å². The van der Waals surface area contributed by atoms with Crippen molar-refractivity contribution in [2.45, 2.75) is 4.90 Å². The number of benzene rings is 1. The maximum Gasteiger partial charge on any atom is 0.274 e. The van der Waals surface area contributed by atoms with E-state index in [2.05, 4.69) is 10.3 Å². The molecule has 5 nitrogen and oxygen atoms in total. The van der Waals surface area contributed by atoms with Crippen molar-refractivity contribution in [3.8, 4) is 0 Å². The van der Waals surface area contributed by atoms with Crippen LogP contribution in [-0.2, 0) is 9.05 Å². The number of carbonyl (C=O) groups excluding carboxylic acids is 1. The number of pyridine rings is 1. The number of anilines is 1. The maximum atomic E-state index is 13.6. The predicted octanol–water partition coefficient (Wildman–Crippen LogP) is 2.40. The van der Waals surface area contributed by atoms with Crippen LogP contribution in [0.2, 0.25) is 0 Å². The molecule has 104 valence electrons. The first-order valence-corrected chi connectivity index (χ1v) is 7.65. The number of aromatic nitrogens is 1. The summed E-state index contributed by atoms with van der Waals surface area (Å²) in [6, 6.07) is 7.85. The minimum absolute atomic E-state index is 0.0993. The zero-order valence-corrected chi connectivity index (χ0v) is 11.5. The molecule has 0 atom stereocenters. The van der Waals surface area contributed by atoms with E-state index in [1.165, 1.54) is 18.3 Å². The van der Waals surface area contributed by atoms with Crippen LogP contribution in [0.15, 0.2) is 47.5 Å². The Labute approximate surface area is 118 Å². The van der Waals surface area contributed by atoms with Crippen molar-refractivity contribution in [3.05, 3.63) is 54.1 Å². The van der Waals surface area contributed by atoms with Gasteiger partial charge < -0.3 is 5.32 Å². The molecule has 0 saturated carbocycles. The predicted molar refractivity (Wildman–Crippen MR) is 71.6 cm³/mol. The quantitative estimate of drug-likeness (QED) is 0.883. The summed E-state index contributed by atoms with van der Waals surface area (Å²) in [5.41, 5.74) is 0.254. The molecule has 2 rings (SSSR count). The number of nitrogens with one attached hydrogen (secondary N) is 1. The third-order valence-electron chi connectivity index (χ3n) is 2.35. The first kappa shape index (κ1) is 14.4. The molecule has 0 aliphatic carbocycles. The molecular weight excluding hydrogens is 307 g/mol. The smallest absolute Gasteiger partial charge is 0.274 e. The molecule has 0 unspecified atom stereocenters. The zero-order chi connectivity index (χ0) is 14.8. The molecule has 1 aromatic heterocycles. The van der Waals surface area contributed by atoms with Crippen molar-refractivity contribution < 1.29 is 17.6 Å². The second-order valence-electron chi connectivity index (χ2n) is 3.75. The van der Waals surface area contributed by atoms with E-state index in [4.69, 9.17) is 10.7 Å². The van der Waals surface area contributed by atoms with Crippen LogP contribution in [-0.4, -0.2) is 19.3 Å². The third-order valence-corrected chi connectivity index (χ3v) is 3.71. The summed E-state index contributed by atoms with van der Waals surface area (Å²) in [5.74, 6) is -1.58. The summed E-state index contributed by atoms with van der Waals surface area (Å²) in [6.07, 6.45) is 1.44. The first-order chi connectivity index (χ1) is 9.38. The van der Waals surface area contributed by atoms with Gasteiger partial charge in [0.25, 0.3) is 15.0 Å². The van der Waals surface area contributed by atoms with Crippen molar-refractivity contribution in [3.63, 3.8) is 0 Å². The van der Waals surface area contributed by atoms with Gasteiger partial charge in [-0.3, -0.25) is 9.78 Å². The maximum absolute atomic E-state index is 13.6. The second-order valence-corrected chi connectivity index (χ2v) is 6.29. The number of rotatable bonds is 3. The molecule has 20 heavy (non-hydrogen) atoms. The van der Waals surface area contributed by atoms with E-state index >= 15 is 0 Å². The van der Waals surface area contributed by atoms with Gasteiger partial charge in [-0.1, -0.05) is 6.07 Å². The van der Waals surface area contributed by atoms with Gasteiger partial charge in [-0.15, -0.1) is 0 Å². The van der Waals surface area contributed by atoms with E-state index in [0.717, 1.165) is 12.1 Å². The van der Waals surface area contributed by atoms with Crippen LogP contribution in [0.3, 0.4) is 0 Å². The molecule has 0 spiro atoms. The molecule has 2 aromatic rings. The molecular formula is C12H8ClFN2O3S. The number of amides is 1. The van der Waals surface area contributed by atoms with Crippen LogP contribution >= 0.6 is 10.7 Å². The van der Waals surface area contributed by atoms with Crippen LogP contribution in [0.4, 0.5) is 10.1 Å². The van der Waals surface area contributed by atoms with Crippen LogP contribution in [0.25, 0.3) is 0 Å². The zero-order valence-electron chi connectivity index (χ0n) is 9.88. The Kier molecular flexibility index (Phi) is 4.01. The van der Waals surface area contributed by atoms with Crippen molar-refractivity contribution in [1.29, 1.82) is 0 Å². The van der Waals surface area contributed by atoms with Crippen LogP contribution in [0, 0.1) is 5.82 Å². The number of hydrogen-bond acceptors (Lipinski definition) is 4. The Morgan fingerprint density at radius 3 is 2.55 bits per heavy atom. The van der Waals surface area contributed by atoms with E-state index in [1.807, 2.05) is 0 Å². The highest BCUT2D eigenvalue weighted by Gasteiger charge is 2.17. The highest BCUT2D eigenvalue weighted by Crippen LogP contribution is 2.22. The van der Waals surface area contributed by atoms with Gasteiger partial charge in [-0.25, -0.2) is 12.8 Å². The Balaban J connectivity index is 2.24. The molecule has 1 N–H and O–H groups in total. The van der Waals surface area contributed by atoms with Gasteiger partial charge in [0, 0.05) is 22.6 Å². The Morgan fingerprint density at radius 2 is 2.00 bits per heavy atom. The first-order valence-electron chi connectivity index (χ1n) is 5.34. The standard InChI is InChI=1S/C12H8ClFN2O3S/c13-20(18,19)11-5-4-8(7-9(11)14)16-12(17)10-3-1-2-6-15-10/h1-7H,(H,16,17). The van der Waals surface area contributed by atoms with Crippen molar-refractivity contribution in [1.82, 2.24) is 4.98 Å². The molecule has 0 radical (unpaired) electrons. The van der Waals surface area contributed by atoms with Crippen molar-refractivity contribution in [2.75, 3.05) is 5.32 Å². The lowest BCUT2D eigenvalue weighted by Crippen LogP contribution is -2.13. The highest BCUT2D eigenvalue weighted by molar-refractivity contribution is 8.13. The molecule has 1 aromatic carbocycles. The van der Waals surface area contributed by atoms with Gasteiger partial charge in [0.2, 0.25) is 0 Å². The number of nitrogens with zero attached hydrogens (tertiary/aromatic N) is 1. The van der Waals surface area contributed by atoms with Gasteiger partial charge in [0.1, 0.15) is 16.4 Å². The number of carbonyl (C=O) groups is 1. The second kappa shape index (κ2) is 5.56. The summed E-state index contributed by atoms with van der Waals surface area (Å²) >= 11 is 0. The minimum atomic E-state index is -4.16. The van der Waals surface area contributed by atoms with E-state index in [0.29, 0.717) is 0 Å². The van der Waals surface area contributed by atoms with Crippen molar-refractivity contribution >= 4 is 31.3 Å². The summed E-state index contributed by atoms with van der Waals surface area (Å²) in [7, 11) is 0.894. The fraction of sp³-hybridized carbons (Fsp3) is 0. The average molecular weight is 315 g/mol. The fourth-order valence-corrected chi connectivity index (χ4v) is 2.37. The summed E-state index contributed by atoms with van der Waals surface area (Å²) in [6.45, 7) is 0. The lowest BCUT2D eigenvalue weighted by atomic mass is 10.3. The SMILES string of the molecule is O=C(Nc1ccc(S(=O)(=O)Cl)c(F)c1)c1ccccn1. The molecule has 0 aliphatic rings. The monoisotopic (exact) mass is 314 g/mol. The van der Waals surface area contributed by atoms with E-state index < -0.39 is 25.7 Å². The number of hydrogen-bond donors (Lipinski definition) is 1. The van der Waals surface area contributed by atoms with Crippen LogP contribution in [0.5, 0.6) is 0 Å². The van der Waals surface area contributed by atoms with Crippen LogP contribution in [0.1, 0.15) is 10.5 Å². The molecule has 8 heteroatoms. The van der Waals surface area contributed by atoms with Crippen LogP contribution < -0.4 is 5.32 Å². The number of halogens is 2. The molecule has 0 saturated heterocycles. The normalized spacial score (nSPS) is 11.1. The molecule has 1 amide bonds. The summed E-state index contributed by atoms with van der Waals surface area (Å²) in [4.78, 5) is 15.0. The Hall–Kier alpha value is -1.99. The lowest BCUT2D eigenvalue weighted by Gasteiger charge is -2.06. The van der Waals surface area contributed by atoms with Gasteiger partial charge in [0.05, 0.1) is 0 Å². The Bertz CT molecular complexity index is 751. The lowest BCUT2D eigenvalue weighted by molar-refractivity contribution is 0.102. The van der Waals surface area contributed by atoms with E-state index in [1.54, 1.807) is 12.1 Å². The largest absolute Gasteiger partial charge is 0.321 e. The topological polar surface area (TPSA) is 76.1 Å². The van der Waals surface area contributed by atoms with Gasteiger partial charge in [-0.05, 0) is 30.3 Å². The van der Waals surface area contributed by atoms with E-state index in [-0.39, 0.29) is 11.4 Å². The van der Waals surface area contributed by atoms with E-state index in [9.17, 15) is 17.6 Å². The molecule has 0 fully saturated rings. The molecule has 1 heterocycles. The summed E-state index contributed by atoms with van der Waals surface area (Å²) in [5, 5.41) is 2.40. The van der Waals surface area contributed by atoms with Gasteiger partial charge in [-0.2, -0.15) is 0 Å². The minimum Gasteiger partial charge on any atom is -0.321 e. The molecule has 0 aliphatic heterocycles. The third kappa shape index (κ3) is 3.31. The fourth-order valence-electron chi connectivity index (χ4n) is 1.47. The highest BCUT2D eigenvalue weighted by atomic mass is 35.7. The Morgan fingerprint density at radius 1 is 1.25 bits per heavy atom. The summed E-state index contributed by atoms with van der Waals surface area (Å²) < 4.78 is 35.6. The molecule has 0 bridgehead atoms. The van der Waals surface area contributed by atoms with Crippen molar-refractivity contribution in [2.24, 2.45) is 0 Å². The average Bonchev–Trinajstić information content (AvgIpc) is 2.38. The van der Waals surface area contributed by atoms with Gasteiger partial charge in [0.15, 0.2) is 0 Å².